The summed E-state index contributed by atoms with van der Waals surface area (Å²) in [5.74, 6) is -0.611. The second kappa shape index (κ2) is 8.18. The number of carbonyl (C=O) groups is 1. The highest BCUT2D eigenvalue weighted by Crippen LogP contribution is 2.12. The Labute approximate surface area is 171 Å². The van der Waals surface area contributed by atoms with Crippen LogP contribution in [0.3, 0.4) is 0 Å². The Morgan fingerprint density at radius 3 is 2.07 bits per heavy atom. The molecule has 0 saturated heterocycles. The van der Waals surface area contributed by atoms with Crippen LogP contribution < -0.4 is 16.7 Å². The van der Waals surface area contributed by atoms with E-state index in [2.05, 4.69) is 0 Å². The number of para-hydroxylation sites is 1. The van der Waals surface area contributed by atoms with Crippen molar-refractivity contribution in [2.24, 2.45) is 0 Å². The number of nitrogens with one attached hydrogen (secondary N) is 1. The predicted octanol–water partition coefficient (Wildman–Crippen LogP) is 2.38. The normalized spacial score (nSPS) is 10.8. The van der Waals surface area contributed by atoms with E-state index in [0.29, 0.717) is 16.5 Å². The summed E-state index contributed by atoms with van der Waals surface area (Å²) in [5.41, 5.74) is 3.34. The van der Waals surface area contributed by atoms with Gasteiger partial charge in [-0.1, -0.05) is 54.6 Å². The third kappa shape index (κ3) is 3.66. The van der Waals surface area contributed by atoms with Gasteiger partial charge >= 0.3 is 5.69 Å². The van der Waals surface area contributed by atoms with E-state index >= 15 is 0 Å². The molecule has 0 bridgehead atoms. The van der Waals surface area contributed by atoms with Crippen LogP contribution in [-0.2, 0) is 13.1 Å². The topological polar surface area (TPSA) is 93.3 Å². The molecule has 0 atom stereocenters. The molecule has 150 valence electrons. The molecular formula is C23H19N3O4. The average molecular weight is 401 g/mol. The number of aromatic nitrogens is 2. The molecule has 0 aliphatic rings. The first kappa shape index (κ1) is 19.4. The van der Waals surface area contributed by atoms with Gasteiger partial charge in [0.15, 0.2) is 0 Å². The molecule has 1 heterocycles. The van der Waals surface area contributed by atoms with Crippen molar-refractivity contribution in [3.8, 4) is 0 Å². The largest absolute Gasteiger partial charge is 0.332 e. The zero-order valence-corrected chi connectivity index (χ0v) is 16.0. The summed E-state index contributed by atoms with van der Waals surface area (Å²) in [6.45, 7) is 0.411. The number of hydroxylamine groups is 1. The second-order valence-corrected chi connectivity index (χ2v) is 6.90. The minimum absolute atomic E-state index is 0.180. The maximum Gasteiger partial charge on any atom is 0.332 e. The van der Waals surface area contributed by atoms with Gasteiger partial charge in [-0.25, -0.2) is 10.3 Å². The van der Waals surface area contributed by atoms with Crippen LogP contribution in [-0.4, -0.2) is 20.2 Å². The monoisotopic (exact) mass is 401 g/mol. The lowest BCUT2D eigenvalue weighted by atomic mass is 10.1. The van der Waals surface area contributed by atoms with Gasteiger partial charge in [-0.2, -0.15) is 0 Å². The Balaban J connectivity index is 1.82. The van der Waals surface area contributed by atoms with Crippen molar-refractivity contribution >= 4 is 16.8 Å². The first-order valence-electron chi connectivity index (χ1n) is 9.38. The number of benzene rings is 3. The molecular weight excluding hydrogens is 382 g/mol. The van der Waals surface area contributed by atoms with Crippen molar-refractivity contribution in [2.45, 2.75) is 13.1 Å². The second-order valence-electron chi connectivity index (χ2n) is 6.90. The number of amides is 1. The maximum atomic E-state index is 13.3. The third-order valence-electron chi connectivity index (χ3n) is 4.97. The van der Waals surface area contributed by atoms with E-state index in [-0.39, 0.29) is 18.6 Å². The molecule has 0 unspecified atom stereocenters. The fourth-order valence-corrected chi connectivity index (χ4v) is 3.44. The van der Waals surface area contributed by atoms with Crippen molar-refractivity contribution in [2.75, 3.05) is 0 Å². The predicted molar refractivity (Wildman–Crippen MR) is 113 cm³/mol. The average Bonchev–Trinajstić information content (AvgIpc) is 2.80. The number of carbonyl (C=O) groups excluding carboxylic acids is 1. The Bertz CT molecular complexity index is 1320. The Kier molecular flexibility index (Phi) is 5.28. The molecule has 30 heavy (non-hydrogen) atoms. The molecule has 0 spiro atoms. The molecule has 4 rings (SSSR count). The van der Waals surface area contributed by atoms with Crippen molar-refractivity contribution in [3.05, 3.63) is 116 Å². The molecule has 7 nitrogen and oxygen atoms in total. The van der Waals surface area contributed by atoms with Crippen LogP contribution in [0.25, 0.3) is 10.9 Å². The summed E-state index contributed by atoms with van der Waals surface area (Å²) >= 11 is 0. The Morgan fingerprint density at radius 2 is 1.37 bits per heavy atom. The fraction of sp³-hybridized carbons (Fsp3) is 0.0870. The lowest BCUT2D eigenvalue weighted by molar-refractivity contribution is 0.0706. The SMILES string of the molecule is O=C(NO)c1ccc(Cn2c(=O)n(Cc3ccccc3)c(=O)c3ccccc32)cc1. The Morgan fingerprint density at radius 1 is 0.767 bits per heavy atom. The molecule has 0 radical (unpaired) electrons. The Hall–Kier alpha value is -3.97. The summed E-state index contributed by atoms with van der Waals surface area (Å²) in [6.07, 6.45) is 0. The third-order valence-corrected chi connectivity index (χ3v) is 4.97. The van der Waals surface area contributed by atoms with Crippen molar-refractivity contribution < 1.29 is 10.0 Å². The minimum atomic E-state index is -0.611. The van der Waals surface area contributed by atoms with E-state index in [1.165, 1.54) is 4.57 Å². The fourth-order valence-electron chi connectivity index (χ4n) is 3.44. The summed E-state index contributed by atoms with van der Waals surface area (Å²) in [6, 6.07) is 22.9. The van der Waals surface area contributed by atoms with Crippen LogP contribution >= 0.6 is 0 Å². The number of hydrogen-bond donors (Lipinski definition) is 2. The van der Waals surface area contributed by atoms with Gasteiger partial charge < -0.3 is 0 Å². The smallest absolute Gasteiger partial charge is 0.289 e. The standard InChI is InChI=1S/C23H19N3O4/c27-21(24-30)18-12-10-17(11-13-18)14-25-20-9-5-4-8-19(20)22(28)26(23(25)29)15-16-6-2-1-3-7-16/h1-13,30H,14-15H2,(H,24,27). The highest BCUT2D eigenvalue weighted by Gasteiger charge is 2.14. The van der Waals surface area contributed by atoms with Gasteiger partial charge in [0.2, 0.25) is 0 Å². The molecule has 0 fully saturated rings. The molecule has 3 aromatic carbocycles. The van der Waals surface area contributed by atoms with Gasteiger partial charge in [-0.05, 0) is 35.4 Å². The minimum Gasteiger partial charge on any atom is -0.289 e. The van der Waals surface area contributed by atoms with Crippen molar-refractivity contribution in [1.29, 1.82) is 0 Å². The van der Waals surface area contributed by atoms with E-state index in [1.54, 1.807) is 58.6 Å². The van der Waals surface area contributed by atoms with Gasteiger partial charge in [-0.15, -0.1) is 0 Å². The highest BCUT2D eigenvalue weighted by atomic mass is 16.5. The van der Waals surface area contributed by atoms with Gasteiger partial charge in [0, 0.05) is 5.56 Å². The molecule has 7 heteroatoms. The van der Waals surface area contributed by atoms with Crippen molar-refractivity contribution in [1.82, 2.24) is 14.6 Å². The molecule has 0 aliphatic carbocycles. The molecule has 0 saturated carbocycles. The van der Waals surface area contributed by atoms with E-state index < -0.39 is 11.6 Å². The van der Waals surface area contributed by atoms with E-state index in [9.17, 15) is 14.4 Å². The summed E-state index contributed by atoms with van der Waals surface area (Å²) in [4.78, 5) is 37.8. The van der Waals surface area contributed by atoms with Crippen LogP contribution in [0, 0.1) is 0 Å². The highest BCUT2D eigenvalue weighted by molar-refractivity contribution is 5.93. The van der Waals surface area contributed by atoms with E-state index in [1.807, 2.05) is 30.3 Å². The molecule has 4 aromatic rings. The van der Waals surface area contributed by atoms with Gasteiger partial charge in [0.25, 0.3) is 11.5 Å². The summed E-state index contributed by atoms with van der Waals surface area (Å²) < 4.78 is 2.80. The lowest BCUT2D eigenvalue weighted by Gasteiger charge is -2.14. The molecule has 1 aromatic heterocycles. The number of fused-ring (bicyclic) bond motifs is 1. The quantitative estimate of drug-likeness (QED) is 0.397. The molecule has 2 N–H and O–H groups in total. The van der Waals surface area contributed by atoms with Crippen LogP contribution in [0.1, 0.15) is 21.5 Å². The summed E-state index contributed by atoms with van der Waals surface area (Å²) in [5, 5.41) is 9.21. The number of nitrogens with zero attached hydrogens (tertiary/aromatic N) is 2. The van der Waals surface area contributed by atoms with Crippen LogP contribution in [0.5, 0.6) is 0 Å². The number of rotatable bonds is 5. The first-order valence-corrected chi connectivity index (χ1v) is 9.38. The maximum absolute atomic E-state index is 13.3. The number of hydrogen-bond acceptors (Lipinski definition) is 4. The van der Waals surface area contributed by atoms with Crippen LogP contribution in [0.4, 0.5) is 0 Å². The van der Waals surface area contributed by atoms with Crippen molar-refractivity contribution in [3.63, 3.8) is 0 Å². The van der Waals surface area contributed by atoms with E-state index in [0.717, 1.165) is 11.1 Å². The lowest BCUT2D eigenvalue weighted by Crippen LogP contribution is -2.40. The van der Waals surface area contributed by atoms with Gasteiger partial charge in [-0.3, -0.25) is 23.9 Å². The summed E-state index contributed by atoms with van der Waals surface area (Å²) in [7, 11) is 0. The van der Waals surface area contributed by atoms with Crippen LogP contribution in [0.15, 0.2) is 88.5 Å². The molecule has 1 amide bonds. The first-order chi connectivity index (χ1) is 14.6. The van der Waals surface area contributed by atoms with E-state index in [4.69, 9.17) is 5.21 Å². The van der Waals surface area contributed by atoms with Gasteiger partial charge in [0.1, 0.15) is 0 Å². The zero-order chi connectivity index (χ0) is 21.1. The van der Waals surface area contributed by atoms with Crippen LogP contribution in [0.2, 0.25) is 0 Å². The molecule has 0 aliphatic heterocycles. The van der Waals surface area contributed by atoms with Gasteiger partial charge in [0.05, 0.1) is 24.0 Å². The zero-order valence-electron chi connectivity index (χ0n) is 16.0.